The molecule has 2 nitrogen and oxygen atoms in total. The molecule has 1 aromatic rings. The van der Waals surface area contributed by atoms with Crippen LogP contribution in [0.15, 0.2) is 6.20 Å². The van der Waals surface area contributed by atoms with E-state index in [0.717, 1.165) is 5.69 Å². The van der Waals surface area contributed by atoms with Crippen molar-refractivity contribution < 1.29 is 0 Å². The topological polar surface area (TPSA) is 17.8 Å². The molecule has 0 aliphatic heterocycles. The van der Waals surface area contributed by atoms with Gasteiger partial charge in [0, 0.05) is 6.20 Å². The van der Waals surface area contributed by atoms with E-state index in [0.29, 0.717) is 0 Å². The van der Waals surface area contributed by atoms with Crippen molar-refractivity contribution in [1.29, 1.82) is 0 Å². The highest BCUT2D eigenvalue weighted by Gasteiger charge is 2.17. The summed E-state index contributed by atoms with van der Waals surface area (Å²) in [6.07, 6.45) is 2.15. The molecule has 0 aliphatic carbocycles. The minimum absolute atomic E-state index is 1.16. The second-order valence-corrected chi connectivity index (χ2v) is 8.81. The standard InChI is InChI=1S/C8H16N2Si/c1-7-6-10(9-8(7)2)11(3,4)5/h6H,1-5H3. The first kappa shape index (κ1) is 8.52. The van der Waals surface area contributed by atoms with Crippen LogP contribution >= 0.6 is 0 Å². The Morgan fingerprint density at radius 2 is 1.82 bits per heavy atom. The fourth-order valence-electron chi connectivity index (χ4n) is 0.890. The number of nitrogens with zero attached hydrogens (tertiary/aromatic N) is 2. The van der Waals surface area contributed by atoms with Crippen LogP contribution in [0.2, 0.25) is 19.6 Å². The molecule has 0 aliphatic rings. The average Bonchev–Trinajstić information content (AvgIpc) is 2.11. The Hall–Kier alpha value is -0.573. The molecule has 0 spiro atoms. The Kier molecular flexibility index (Phi) is 1.92. The van der Waals surface area contributed by atoms with E-state index in [1.807, 2.05) is 0 Å². The van der Waals surface area contributed by atoms with E-state index < -0.39 is 8.24 Å². The van der Waals surface area contributed by atoms with E-state index in [1.54, 1.807) is 0 Å². The predicted molar refractivity (Wildman–Crippen MR) is 50.4 cm³/mol. The summed E-state index contributed by atoms with van der Waals surface area (Å²) >= 11 is 0. The highest BCUT2D eigenvalue weighted by molar-refractivity contribution is 6.74. The monoisotopic (exact) mass is 168 g/mol. The fourth-order valence-corrected chi connectivity index (χ4v) is 1.92. The van der Waals surface area contributed by atoms with Crippen molar-refractivity contribution in [2.45, 2.75) is 33.5 Å². The molecule has 0 bridgehead atoms. The Morgan fingerprint density at radius 1 is 1.27 bits per heavy atom. The molecule has 0 N–H and O–H groups in total. The van der Waals surface area contributed by atoms with Gasteiger partial charge in [-0.3, -0.25) is 0 Å². The zero-order valence-corrected chi connectivity index (χ0v) is 8.97. The van der Waals surface area contributed by atoms with Crippen LogP contribution in [0.4, 0.5) is 0 Å². The number of hydrogen-bond donors (Lipinski definition) is 0. The number of aryl methyl sites for hydroxylation is 2. The fraction of sp³-hybridized carbons (Fsp3) is 0.625. The molecule has 0 unspecified atom stereocenters. The van der Waals surface area contributed by atoms with Crippen molar-refractivity contribution in [3.8, 4) is 0 Å². The zero-order chi connectivity index (χ0) is 8.65. The summed E-state index contributed by atoms with van der Waals surface area (Å²) in [5, 5.41) is 4.46. The van der Waals surface area contributed by atoms with Crippen LogP contribution < -0.4 is 0 Å². The van der Waals surface area contributed by atoms with Crippen molar-refractivity contribution >= 4 is 8.24 Å². The van der Waals surface area contributed by atoms with E-state index in [9.17, 15) is 0 Å². The van der Waals surface area contributed by atoms with Crippen LogP contribution in [-0.2, 0) is 0 Å². The van der Waals surface area contributed by atoms with Crippen molar-refractivity contribution in [3.05, 3.63) is 17.5 Å². The molecule has 11 heavy (non-hydrogen) atoms. The normalized spacial score (nSPS) is 12.1. The predicted octanol–water partition coefficient (Wildman–Crippen LogP) is 2.18. The van der Waals surface area contributed by atoms with Gasteiger partial charge in [-0.25, -0.2) is 0 Å². The van der Waals surface area contributed by atoms with E-state index in [4.69, 9.17) is 0 Å². The maximum atomic E-state index is 4.46. The third-order valence-electron chi connectivity index (χ3n) is 1.83. The van der Waals surface area contributed by atoms with Gasteiger partial charge in [-0.15, -0.1) is 0 Å². The first-order chi connectivity index (χ1) is 4.91. The molecule has 0 amide bonds. The quantitative estimate of drug-likeness (QED) is 0.588. The maximum absolute atomic E-state index is 4.46. The summed E-state index contributed by atoms with van der Waals surface area (Å²) in [4.78, 5) is 0. The first-order valence-corrected chi connectivity index (χ1v) is 7.39. The summed E-state index contributed by atoms with van der Waals surface area (Å²) in [5.74, 6) is 0. The lowest BCUT2D eigenvalue weighted by molar-refractivity contribution is 0.911. The van der Waals surface area contributed by atoms with Crippen LogP contribution in [0.3, 0.4) is 0 Å². The molecule has 0 atom stereocenters. The highest BCUT2D eigenvalue weighted by atomic mass is 28.3. The minimum atomic E-state index is -1.24. The zero-order valence-electron chi connectivity index (χ0n) is 7.97. The number of hydrogen-bond acceptors (Lipinski definition) is 1. The van der Waals surface area contributed by atoms with Crippen molar-refractivity contribution in [2.75, 3.05) is 0 Å². The summed E-state index contributed by atoms with van der Waals surface area (Å²) < 4.78 is 2.15. The molecule has 0 radical (unpaired) electrons. The number of rotatable bonds is 1. The average molecular weight is 168 g/mol. The van der Waals surface area contributed by atoms with Gasteiger partial charge in [0.05, 0.1) is 5.69 Å². The minimum Gasteiger partial charge on any atom is -0.301 e. The largest absolute Gasteiger partial charge is 0.301 e. The lowest BCUT2D eigenvalue weighted by Crippen LogP contribution is -2.32. The summed E-state index contributed by atoms with van der Waals surface area (Å²) in [7, 11) is -1.24. The molecular formula is C8H16N2Si. The van der Waals surface area contributed by atoms with E-state index >= 15 is 0 Å². The van der Waals surface area contributed by atoms with Crippen molar-refractivity contribution in [3.63, 3.8) is 0 Å². The van der Waals surface area contributed by atoms with Crippen molar-refractivity contribution in [1.82, 2.24) is 9.45 Å². The smallest absolute Gasteiger partial charge is 0.175 e. The first-order valence-electron chi connectivity index (χ1n) is 3.94. The Labute approximate surface area is 69.3 Å². The van der Waals surface area contributed by atoms with Gasteiger partial charge in [0.25, 0.3) is 0 Å². The Bertz CT molecular complexity index is 238. The van der Waals surface area contributed by atoms with Crippen LogP contribution in [0.1, 0.15) is 11.3 Å². The van der Waals surface area contributed by atoms with E-state index in [2.05, 4.69) is 49.1 Å². The second kappa shape index (κ2) is 2.48. The Morgan fingerprint density at radius 3 is 2.00 bits per heavy atom. The van der Waals surface area contributed by atoms with Crippen LogP contribution in [0, 0.1) is 13.8 Å². The molecule has 1 heterocycles. The van der Waals surface area contributed by atoms with Gasteiger partial charge in [0.15, 0.2) is 8.24 Å². The molecule has 0 saturated heterocycles. The van der Waals surface area contributed by atoms with Crippen LogP contribution in [-0.4, -0.2) is 17.7 Å². The van der Waals surface area contributed by atoms with Crippen LogP contribution in [0.25, 0.3) is 0 Å². The van der Waals surface area contributed by atoms with Gasteiger partial charge >= 0.3 is 0 Å². The molecule has 3 heteroatoms. The summed E-state index contributed by atoms with van der Waals surface area (Å²) in [6.45, 7) is 11.0. The molecule has 0 saturated carbocycles. The third kappa shape index (κ3) is 1.71. The molecule has 1 rings (SSSR count). The molecule has 1 aromatic heterocycles. The summed E-state index contributed by atoms with van der Waals surface area (Å²) in [5.41, 5.74) is 2.46. The lowest BCUT2D eigenvalue weighted by atomic mass is 10.3. The van der Waals surface area contributed by atoms with Gasteiger partial charge in [-0.1, -0.05) is 0 Å². The maximum Gasteiger partial charge on any atom is 0.175 e. The lowest BCUT2D eigenvalue weighted by Gasteiger charge is -2.15. The van der Waals surface area contributed by atoms with Gasteiger partial charge in [-0.05, 0) is 39.1 Å². The highest BCUT2D eigenvalue weighted by Crippen LogP contribution is 2.09. The summed E-state index contributed by atoms with van der Waals surface area (Å²) in [6, 6.07) is 0. The van der Waals surface area contributed by atoms with Gasteiger partial charge in [0.1, 0.15) is 0 Å². The number of aromatic nitrogens is 2. The van der Waals surface area contributed by atoms with Crippen LogP contribution in [0.5, 0.6) is 0 Å². The Balaban J connectivity index is 3.08. The molecular weight excluding hydrogens is 152 g/mol. The van der Waals surface area contributed by atoms with Gasteiger partial charge in [0.2, 0.25) is 0 Å². The van der Waals surface area contributed by atoms with Gasteiger partial charge in [-0.2, -0.15) is 5.10 Å². The van der Waals surface area contributed by atoms with Gasteiger partial charge < -0.3 is 4.35 Å². The van der Waals surface area contributed by atoms with Crippen molar-refractivity contribution in [2.24, 2.45) is 0 Å². The molecule has 0 fully saturated rings. The van der Waals surface area contributed by atoms with E-state index in [1.165, 1.54) is 5.56 Å². The third-order valence-corrected chi connectivity index (χ3v) is 3.44. The molecule has 62 valence electrons. The molecule has 0 aromatic carbocycles. The SMILES string of the molecule is Cc1cn([Si](C)(C)C)nc1C. The van der Waals surface area contributed by atoms with E-state index in [-0.39, 0.29) is 0 Å². The second-order valence-electron chi connectivity index (χ2n) is 4.01.